The lowest BCUT2D eigenvalue weighted by Gasteiger charge is -2.29. The van der Waals surface area contributed by atoms with Crippen molar-refractivity contribution < 1.29 is 14.0 Å². The fraction of sp³-hybridized carbons (Fsp3) is 0.391. The zero-order chi connectivity index (χ0) is 21.7. The molecule has 0 aromatic heterocycles. The topological polar surface area (TPSA) is 61.4 Å². The average molecular weight is 432 g/mol. The molecule has 0 spiro atoms. The van der Waals surface area contributed by atoms with Crippen molar-refractivity contribution in [2.24, 2.45) is 5.92 Å². The summed E-state index contributed by atoms with van der Waals surface area (Å²) in [6.45, 7) is 5.59. The number of hydrogen-bond donors (Lipinski definition) is 2. The summed E-state index contributed by atoms with van der Waals surface area (Å²) in [5.41, 5.74) is 1.42. The van der Waals surface area contributed by atoms with Crippen molar-refractivity contribution in [2.75, 3.05) is 23.3 Å². The first kappa shape index (κ1) is 22.1. The van der Waals surface area contributed by atoms with Gasteiger partial charge in [0.05, 0.1) is 16.3 Å². The molecule has 0 radical (unpaired) electrons. The second kappa shape index (κ2) is 9.94. The highest BCUT2D eigenvalue weighted by Gasteiger charge is 2.26. The number of nitrogens with zero attached hydrogens (tertiary/aromatic N) is 1. The van der Waals surface area contributed by atoms with Gasteiger partial charge >= 0.3 is 0 Å². The minimum absolute atomic E-state index is 0.0927. The lowest BCUT2D eigenvalue weighted by atomic mass is 10.0. The summed E-state index contributed by atoms with van der Waals surface area (Å²) in [6, 6.07) is 10.3. The number of carbonyl (C=O) groups excluding carboxylic acids is 2. The molecule has 2 aromatic rings. The first-order valence-electron chi connectivity index (χ1n) is 10.3. The van der Waals surface area contributed by atoms with Crippen molar-refractivity contribution in [3.63, 3.8) is 0 Å². The van der Waals surface area contributed by atoms with Crippen molar-refractivity contribution in [1.29, 1.82) is 0 Å². The molecule has 1 aliphatic heterocycles. The Hall–Kier alpha value is -2.60. The van der Waals surface area contributed by atoms with Crippen molar-refractivity contribution in [1.82, 2.24) is 5.32 Å². The molecule has 1 atom stereocenters. The molecule has 3 rings (SSSR count). The largest absolute Gasteiger partial charge is 0.370 e. The Morgan fingerprint density at radius 2 is 1.77 bits per heavy atom. The van der Waals surface area contributed by atoms with Crippen LogP contribution in [0.4, 0.5) is 15.8 Å². The number of rotatable bonds is 6. The van der Waals surface area contributed by atoms with E-state index in [-0.39, 0.29) is 17.4 Å². The highest BCUT2D eigenvalue weighted by Crippen LogP contribution is 2.31. The third-order valence-electron chi connectivity index (χ3n) is 5.27. The van der Waals surface area contributed by atoms with Gasteiger partial charge in [-0.2, -0.15) is 0 Å². The molecule has 160 valence electrons. The van der Waals surface area contributed by atoms with Gasteiger partial charge in [0, 0.05) is 18.8 Å². The Morgan fingerprint density at radius 1 is 1.07 bits per heavy atom. The van der Waals surface area contributed by atoms with Gasteiger partial charge in [-0.05, 0) is 55.5 Å². The van der Waals surface area contributed by atoms with Crippen molar-refractivity contribution in [3.05, 3.63) is 58.9 Å². The molecule has 7 heteroatoms. The highest BCUT2D eigenvalue weighted by atomic mass is 35.5. The molecule has 1 fully saturated rings. The van der Waals surface area contributed by atoms with Crippen LogP contribution >= 0.6 is 11.6 Å². The zero-order valence-corrected chi connectivity index (χ0v) is 18.0. The predicted octanol–water partition coefficient (Wildman–Crippen LogP) is 4.86. The van der Waals surface area contributed by atoms with E-state index in [2.05, 4.69) is 15.5 Å². The molecule has 1 unspecified atom stereocenters. The maximum atomic E-state index is 13.9. The predicted molar refractivity (Wildman–Crippen MR) is 119 cm³/mol. The summed E-state index contributed by atoms with van der Waals surface area (Å²) in [6.07, 6.45) is 3.52. The van der Waals surface area contributed by atoms with Gasteiger partial charge in [0.25, 0.3) is 5.91 Å². The standard InChI is InChI=1S/C23H27ClFN3O2/c1-15(2)21(27-22(29)17-8-4-5-9-19(17)25)23(30)26-16-10-11-20(18(24)14-16)28-12-6-3-7-13-28/h4-5,8-11,14-15,21H,3,6-7,12-13H2,1-2H3,(H,26,30)(H,27,29). The Morgan fingerprint density at radius 3 is 2.40 bits per heavy atom. The summed E-state index contributed by atoms with van der Waals surface area (Å²) >= 11 is 6.47. The molecular formula is C23H27ClFN3O2. The van der Waals surface area contributed by atoms with Gasteiger partial charge in [-0.1, -0.05) is 37.6 Å². The second-order valence-electron chi connectivity index (χ2n) is 7.88. The molecule has 1 aliphatic rings. The first-order valence-corrected chi connectivity index (χ1v) is 10.7. The Bertz CT molecular complexity index is 913. The molecule has 0 bridgehead atoms. The summed E-state index contributed by atoms with van der Waals surface area (Å²) in [5, 5.41) is 6.03. The van der Waals surface area contributed by atoms with E-state index >= 15 is 0 Å². The normalized spacial score (nSPS) is 15.0. The lowest BCUT2D eigenvalue weighted by molar-refractivity contribution is -0.118. The number of amides is 2. The van der Waals surface area contributed by atoms with Crippen LogP contribution in [0.5, 0.6) is 0 Å². The molecule has 30 heavy (non-hydrogen) atoms. The lowest BCUT2D eigenvalue weighted by Crippen LogP contribution is -2.47. The fourth-order valence-electron chi connectivity index (χ4n) is 3.60. The van der Waals surface area contributed by atoms with E-state index in [0.29, 0.717) is 10.7 Å². The van der Waals surface area contributed by atoms with Crippen LogP contribution in [0.3, 0.4) is 0 Å². The number of hydrogen-bond acceptors (Lipinski definition) is 3. The van der Waals surface area contributed by atoms with Crippen molar-refractivity contribution in [3.8, 4) is 0 Å². The van der Waals surface area contributed by atoms with E-state index in [4.69, 9.17) is 11.6 Å². The van der Waals surface area contributed by atoms with Crippen LogP contribution in [0.25, 0.3) is 0 Å². The average Bonchev–Trinajstić information content (AvgIpc) is 2.72. The molecule has 2 amide bonds. The maximum absolute atomic E-state index is 13.9. The quantitative estimate of drug-likeness (QED) is 0.686. The Kier molecular flexibility index (Phi) is 7.32. The van der Waals surface area contributed by atoms with Crippen LogP contribution < -0.4 is 15.5 Å². The molecule has 1 saturated heterocycles. The second-order valence-corrected chi connectivity index (χ2v) is 8.29. The third kappa shape index (κ3) is 5.30. The molecular weight excluding hydrogens is 405 g/mol. The smallest absolute Gasteiger partial charge is 0.254 e. The summed E-state index contributed by atoms with van der Waals surface area (Å²) < 4.78 is 13.9. The van der Waals surface area contributed by atoms with Gasteiger partial charge in [-0.3, -0.25) is 9.59 Å². The van der Waals surface area contributed by atoms with Gasteiger partial charge in [-0.15, -0.1) is 0 Å². The fourth-order valence-corrected chi connectivity index (χ4v) is 3.90. The van der Waals surface area contributed by atoms with E-state index in [1.165, 1.54) is 24.6 Å². The van der Waals surface area contributed by atoms with Crippen molar-refractivity contribution in [2.45, 2.75) is 39.2 Å². The van der Waals surface area contributed by atoms with E-state index < -0.39 is 17.8 Å². The van der Waals surface area contributed by atoms with E-state index in [9.17, 15) is 14.0 Å². The van der Waals surface area contributed by atoms with E-state index in [1.54, 1.807) is 12.1 Å². The molecule has 0 saturated carbocycles. The molecule has 0 aliphatic carbocycles. The number of carbonyl (C=O) groups is 2. The summed E-state index contributed by atoms with van der Waals surface area (Å²) in [7, 11) is 0. The van der Waals surface area contributed by atoms with E-state index in [1.807, 2.05) is 26.0 Å². The number of piperidine rings is 1. The third-order valence-corrected chi connectivity index (χ3v) is 5.57. The molecule has 5 nitrogen and oxygen atoms in total. The van der Waals surface area contributed by atoms with Gasteiger partial charge < -0.3 is 15.5 Å². The van der Waals surface area contributed by atoms with Crippen molar-refractivity contribution >= 4 is 34.8 Å². The number of anilines is 2. The Labute approximate surface area is 181 Å². The number of nitrogens with one attached hydrogen (secondary N) is 2. The van der Waals surface area contributed by atoms with E-state index in [0.717, 1.165) is 31.6 Å². The maximum Gasteiger partial charge on any atom is 0.254 e. The van der Waals surface area contributed by atoms with Crippen LogP contribution in [0, 0.1) is 11.7 Å². The Balaban J connectivity index is 1.69. The molecule has 1 heterocycles. The number of benzene rings is 2. The van der Waals surface area contributed by atoms with Crippen LogP contribution in [-0.2, 0) is 4.79 Å². The highest BCUT2D eigenvalue weighted by molar-refractivity contribution is 6.33. The van der Waals surface area contributed by atoms with Gasteiger partial charge in [0.2, 0.25) is 5.91 Å². The van der Waals surface area contributed by atoms with Crippen LogP contribution in [0.15, 0.2) is 42.5 Å². The number of halogens is 2. The summed E-state index contributed by atoms with van der Waals surface area (Å²) in [5.74, 6) is -1.82. The minimum atomic E-state index is -0.822. The van der Waals surface area contributed by atoms with Gasteiger partial charge in [-0.25, -0.2) is 4.39 Å². The monoisotopic (exact) mass is 431 g/mol. The van der Waals surface area contributed by atoms with Crippen LogP contribution in [0.2, 0.25) is 5.02 Å². The zero-order valence-electron chi connectivity index (χ0n) is 17.3. The minimum Gasteiger partial charge on any atom is -0.370 e. The SMILES string of the molecule is CC(C)C(NC(=O)c1ccccc1F)C(=O)Nc1ccc(N2CCCCC2)c(Cl)c1. The summed E-state index contributed by atoms with van der Waals surface area (Å²) in [4.78, 5) is 27.5. The van der Waals surface area contributed by atoms with Crippen LogP contribution in [0.1, 0.15) is 43.5 Å². The van der Waals surface area contributed by atoms with Gasteiger partial charge in [0.15, 0.2) is 0 Å². The molecule has 2 aromatic carbocycles. The van der Waals surface area contributed by atoms with Gasteiger partial charge in [0.1, 0.15) is 11.9 Å². The molecule has 2 N–H and O–H groups in total. The van der Waals surface area contributed by atoms with Crippen LogP contribution in [-0.4, -0.2) is 30.9 Å². The first-order chi connectivity index (χ1) is 14.4.